The second kappa shape index (κ2) is 5.32. The van der Waals surface area contributed by atoms with Crippen LogP contribution in [0, 0.1) is 0 Å². The van der Waals surface area contributed by atoms with Gasteiger partial charge in [0.2, 0.25) is 0 Å². The molecule has 88 valence electrons. The number of hydrogen-bond donors (Lipinski definition) is 1. The van der Waals surface area contributed by atoms with Crippen LogP contribution in [0.3, 0.4) is 0 Å². The molecule has 0 spiro atoms. The van der Waals surface area contributed by atoms with Crippen molar-refractivity contribution < 1.29 is 9.47 Å². The highest BCUT2D eigenvalue weighted by atomic mass is 16.5. The van der Waals surface area contributed by atoms with E-state index in [0.717, 1.165) is 17.9 Å². The molecule has 0 aromatic heterocycles. The predicted octanol–water partition coefficient (Wildman–Crippen LogP) is 2.27. The van der Waals surface area contributed by atoms with Gasteiger partial charge in [-0.15, -0.1) is 0 Å². The van der Waals surface area contributed by atoms with Crippen molar-refractivity contribution in [3.63, 3.8) is 0 Å². The number of rotatable bonds is 4. The summed E-state index contributed by atoms with van der Waals surface area (Å²) >= 11 is 0. The minimum atomic E-state index is 0.437. The average Bonchev–Trinajstić information content (AvgIpc) is 2.82. The van der Waals surface area contributed by atoms with Gasteiger partial charge in [0.15, 0.2) is 0 Å². The molecule has 0 saturated carbocycles. The lowest BCUT2D eigenvalue weighted by Crippen LogP contribution is -2.14. The molecule has 3 nitrogen and oxygen atoms in total. The molecule has 1 unspecified atom stereocenters. The fourth-order valence-electron chi connectivity index (χ4n) is 2.35. The first-order valence-electron chi connectivity index (χ1n) is 5.75. The minimum absolute atomic E-state index is 0.437. The lowest BCUT2D eigenvalue weighted by molar-refractivity contribution is 0.181. The Kier molecular flexibility index (Phi) is 3.80. The Bertz CT molecular complexity index is 346. The summed E-state index contributed by atoms with van der Waals surface area (Å²) < 4.78 is 10.7. The van der Waals surface area contributed by atoms with E-state index in [1.165, 1.54) is 18.4 Å². The highest BCUT2D eigenvalue weighted by molar-refractivity contribution is 5.43. The Labute approximate surface area is 96.8 Å². The fraction of sp³-hybridized carbons (Fsp3) is 0.538. The first-order chi connectivity index (χ1) is 7.86. The van der Waals surface area contributed by atoms with Gasteiger partial charge >= 0.3 is 0 Å². The molecular formula is C13H19NO2. The summed E-state index contributed by atoms with van der Waals surface area (Å²) in [6.45, 7) is 1.70. The maximum atomic E-state index is 5.52. The van der Waals surface area contributed by atoms with Gasteiger partial charge in [-0.25, -0.2) is 0 Å². The van der Waals surface area contributed by atoms with Crippen LogP contribution in [0.1, 0.15) is 30.0 Å². The van der Waals surface area contributed by atoms with Crippen LogP contribution in [0.5, 0.6) is 5.75 Å². The summed E-state index contributed by atoms with van der Waals surface area (Å²) in [7, 11) is 3.44. The first kappa shape index (κ1) is 11.4. The summed E-state index contributed by atoms with van der Waals surface area (Å²) in [4.78, 5) is 0. The molecule has 0 amide bonds. The standard InChI is InChI=1S/C13H19NO2/c1-15-9-10-5-3-6-11(13(10)16-2)12-7-4-8-14-12/h3,5-6,12,14H,4,7-9H2,1-2H3. The maximum absolute atomic E-state index is 5.52. The normalized spacial score (nSPS) is 20.0. The predicted molar refractivity (Wildman–Crippen MR) is 63.7 cm³/mol. The van der Waals surface area contributed by atoms with Gasteiger partial charge < -0.3 is 14.8 Å². The van der Waals surface area contributed by atoms with Gasteiger partial charge in [-0.1, -0.05) is 18.2 Å². The zero-order valence-corrected chi connectivity index (χ0v) is 9.95. The van der Waals surface area contributed by atoms with E-state index in [9.17, 15) is 0 Å². The Morgan fingerprint density at radius 3 is 2.88 bits per heavy atom. The minimum Gasteiger partial charge on any atom is -0.496 e. The van der Waals surface area contributed by atoms with E-state index in [1.54, 1.807) is 14.2 Å². The molecule has 1 aliphatic heterocycles. The van der Waals surface area contributed by atoms with Crippen molar-refractivity contribution in [2.24, 2.45) is 0 Å². The molecule has 1 atom stereocenters. The molecule has 16 heavy (non-hydrogen) atoms. The number of benzene rings is 1. The van der Waals surface area contributed by atoms with E-state index < -0.39 is 0 Å². The monoisotopic (exact) mass is 221 g/mol. The molecule has 1 aliphatic rings. The van der Waals surface area contributed by atoms with Crippen molar-refractivity contribution >= 4 is 0 Å². The van der Waals surface area contributed by atoms with Crippen molar-refractivity contribution in [1.29, 1.82) is 0 Å². The summed E-state index contributed by atoms with van der Waals surface area (Å²) in [6, 6.07) is 6.71. The third-order valence-electron chi connectivity index (χ3n) is 3.07. The Morgan fingerprint density at radius 1 is 1.38 bits per heavy atom. The number of nitrogens with one attached hydrogen (secondary N) is 1. The van der Waals surface area contributed by atoms with E-state index in [1.807, 2.05) is 0 Å². The van der Waals surface area contributed by atoms with Crippen LogP contribution in [0.2, 0.25) is 0 Å². The summed E-state index contributed by atoms with van der Waals surface area (Å²) in [5.74, 6) is 0.976. The van der Waals surface area contributed by atoms with Crippen molar-refractivity contribution in [1.82, 2.24) is 5.32 Å². The van der Waals surface area contributed by atoms with Gasteiger partial charge in [-0.3, -0.25) is 0 Å². The molecule has 0 radical (unpaired) electrons. The lowest BCUT2D eigenvalue weighted by atomic mass is 10.0. The topological polar surface area (TPSA) is 30.5 Å². The van der Waals surface area contributed by atoms with Crippen molar-refractivity contribution in [3.05, 3.63) is 29.3 Å². The molecule has 1 heterocycles. The molecule has 1 N–H and O–H groups in total. The van der Waals surface area contributed by atoms with Crippen LogP contribution >= 0.6 is 0 Å². The maximum Gasteiger partial charge on any atom is 0.129 e. The molecule has 2 rings (SSSR count). The summed E-state index contributed by atoms with van der Waals surface area (Å²) in [6.07, 6.45) is 2.43. The van der Waals surface area contributed by atoms with Crippen LogP contribution < -0.4 is 10.1 Å². The van der Waals surface area contributed by atoms with E-state index in [-0.39, 0.29) is 0 Å². The van der Waals surface area contributed by atoms with Crippen molar-refractivity contribution in [2.45, 2.75) is 25.5 Å². The highest BCUT2D eigenvalue weighted by Crippen LogP contribution is 2.33. The first-order valence-corrected chi connectivity index (χ1v) is 5.75. The van der Waals surface area contributed by atoms with Gasteiger partial charge in [0.1, 0.15) is 5.75 Å². The van der Waals surface area contributed by atoms with Gasteiger partial charge in [-0.2, -0.15) is 0 Å². The summed E-state index contributed by atoms with van der Waals surface area (Å²) in [5.41, 5.74) is 2.38. The molecule has 1 aromatic carbocycles. The number of hydrogen-bond acceptors (Lipinski definition) is 3. The zero-order valence-electron chi connectivity index (χ0n) is 9.95. The smallest absolute Gasteiger partial charge is 0.129 e. The second-order valence-electron chi connectivity index (χ2n) is 4.12. The van der Waals surface area contributed by atoms with Crippen LogP contribution in [-0.4, -0.2) is 20.8 Å². The third kappa shape index (κ3) is 2.20. The highest BCUT2D eigenvalue weighted by Gasteiger charge is 2.21. The quantitative estimate of drug-likeness (QED) is 0.846. The molecule has 3 heteroatoms. The molecule has 1 saturated heterocycles. The zero-order chi connectivity index (χ0) is 11.4. The van der Waals surface area contributed by atoms with Crippen LogP contribution in [0.25, 0.3) is 0 Å². The number of para-hydroxylation sites is 1. The van der Waals surface area contributed by atoms with Crippen molar-refractivity contribution in [2.75, 3.05) is 20.8 Å². The lowest BCUT2D eigenvalue weighted by Gasteiger charge is -2.17. The van der Waals surface area contributed by atoms with Gasteiger partial charge in [0.05, 0.1) is 13.7 Å². The number of ether oxygens (including phenoxy) is 2. The van der Waals surface area contributed by atoms with Crippen LogP contribution in [-0.2, 0) is 11.3 Å². The second-order valence-corrected chi connectivity index (χ2v) is 4.12. The Morgan fingerprint density at radius 2 is 2.25 bits per heavy atom. The largest absolute Gasteiger partial charge is 0.496 e. The SMILES string of the molecule is COCc1cccc(C2CCCN2)c1OC. The Balaban J connectivity index is 2.31. The average molecular weight is 221 g/mol. The molecule has 0 bridgehead atoms. The third-order valence-corrected chi connectivity index (χ3v) is 3.07. The van der Waals surface area contributed by atoms with Crippen molar-refractivity contribution in [3.8, 4) is 5.75 Å². The fourth-order valence-corrected chi connectivity index (χ4v) is 2.35. The number of methoxy groups -OCH3 is 2. The van der Waals surface area contributed by atoms with Gasteiger partial charge in [0.25, 0.3) is 0 Å². The molecule has 1 aromatic rings. The van der Waals surface area contributed by atoms with Gasteiger partial charge in [-0.05, 0) is 19.4 Å². The molecule has 1 fully saturated rings. The molecular weight excluding hydrogens is 202 g/mol. The molecule has 0 aliphatic carbocycles. The van der Waals surface area contributed by atoms with E-state index in [2.05, 4.69) is 23.5 Å². The Hall–Kier alpha value is -1.06. The van der Waals surface area contributed by atoms with Crippen LogP contribution in [0.4, 0.5) is 0 Å². The summed E-state index contributed by atoms with van der Waals surface area (Å²) in [5, 5.41) is 3.50. The van der Waals surface area contributed by atoms with E-state index >= 15 is 0 Å². The van der Waals surface area contributed by atoms with E-state index in [4.69, 9.17) is 9.47 Å². The van der Waals surface area contributed by atoms with Gasteiger partial charge in [0, 0.05) is 24.3 Å². The van der Waals surface area contributed by atoms with Crippen LogP contribution in [0.15, 0.2) is 18.2 Å². The van der Waals surface area contributed by atoms with E-state index in [0.29, 0.717) is 12.6 Å².